The van der Waals surface area contributed by atoms with Gasteiger partial charge in [0.15, 0.2) is 0 Å². The molecule has 0 aromatic heterocycles. The summed E-state index contributed by atoms with van der Waals surface area (Å²) < 4.78 is 5.41. The third kappa shape index (κ3) is 4.01. The molecule has 20 heavy (non-hydrogen) atoms. The van der Waals surface area contributed by atoms with Crippen molar-refractivity contribution in [3.05, 3.63) is 59.7 Å². The fourth-order valence-corrected chi connectivity index (χ4v) is 2.79. The molecule has 3 heteroatoms. The molecule has 0 radical (unpaired) electrons. The van der Waals surface area contributed by atoms with E-state index in [-0.39, 0.29) is 0 Å². The topological polar surface area (TPSA) is 29.5 Å². The van der Waals surface area contributed by atoms with Crippen molar-refractivity contribution in [2.24, 2.45) is 5.92 Å². The Balaban J connectivity index is 2.07. The summed E-state index contributed by atoms with van der Waals surface area (Å²) >= 11 is 3.60. The Morgan fingerprint density at radius 3 is 2.40 bits per heavy atom. The minimum atomic E-state index is 0.314. The van der Waals surface area contributed by atoms with Crippen LogP contribution in [0.1, 0.15) is 11.1 Å². The largest absolute Gasteiger partial charge is 0.508 e. The Labute approximate surface area is 128 Å². The first-order valence-electron chi connectivity index (χ1n) is 6.68. The van der Waals surface area contributed by atoms with Crippen molar-refractivity contribution in [1.82, 2.24) is 0 Å². The van der Waals surface area contributed by atoms with Gasteiger partial charge in [0.25, 0.3) is 0 Å². The highest BCUT2D eigenvalue weighted by Crippen LogP contribution is 2.24. The molecule has 0 amide bonds. The van der Waals surface area contributed by atoms with Gasteiger partial charge in [-0.2, -0.15) is 0 Å². The van der Waals surface area contributed by atoms with Gasteiger partial charge in [0, 0.05) is 5.33 Å². The van der Waals surface area contributed by atoms with Crippen LogP contribution in [-0.4, -0.2) is 17.5 Å². The van der Waals surface area contributed by atoms with Crippen molar-refractivity contribution in [2.45, 2.75) is 12.8 Å². The van der Waals surface area contributed by atoms with Gasteiger partial charge >= 0.3 is 0 Å². The Kier molecular flexibility index (Phi) is 5.48. The van der Waals surface area contributed by atoms with Gasteiger partial charge in [-0.1, -0.05) is 46.3 Å². The molecule has 2 aromatic rings. The van der Waals surface area contributed by atoms with Crippen LogP contribution in [0.15, 0.2) is 48.5 Å². The van der Waals surface area contributed by atoms with E-state index < -0.39 is 0 Å². The van der Waals surface area contributed by atoms with Crippen LogP contribution < -0.4 is 4.74 Å². The smallest absolute Gasteiger partial charge is 0.122 e. The zero-order valence-corrected chi connectivity index (χ0v) is 13.1. The molecule has 2 aromatic carbocycles. The number of aromatic hydroxyl groups is 1. The molecule has 0 aliphatic rings. The lowest BCUT2D eigenvalue weighted by Crippen LogP contribution is -2.10. The number of halogens is 1. The summed E-state index contributed by atoms with van der Waals surface area (Å²) in [5.74, 6) is 1.76. The van der Waals surface area contributed by atoms with Gasteiger partial charge in [-0.05, 0) is 48.1 Å². The third-order valence-corrected chi connectivity index (χ3v) is 4.30. The molecule has 0 spiro atoms. The Bertz CT molecular complexity index is 537. The van der Waals surface area contributed by atoms with Gasteiger partial charge in [0.05, 0.1) is 7.11 Å². The number of rotatable bonds is 6. The molecule has 2 rings (SSSR count). The number of benzene rings is 2. The summed E-state index contributed by atoms with van der Waals surface area (Å²) in [6, 6.07) is 15.6. The molecule has 0 bridgehead atoms. The lowest BCUT2D eigenvalue weighted by molar-refractivity contribution is 0.406. The van der Waals surface area contributed by atoms with E-state index in [2.05, 4.69) is 22.0 Å². The molecule has 106 valence electrons. The second kappa shape index (κ2) is 7.34. The monoisotopic (exact) mass is 334 g/mol. The molecule has 0 heterocycles. The molecule has 1 N–H and O–H groups in total. The fraction of sp³-hybridized carbons (Fsp3) is 0.294. The molecule has 0 saturated carbocycles. The van der Waals surface area contributed by atoms with Crippen LogP contribution in [0.5, 0.6) is 11.5 Å². The van der Waals surface area contributed by atoms with E-state index in [4.69, 9.17) is 4.74 Å². The van der Waals surface area contributed by atoms with Gasteiger partial charge < -0.3 is 9.84 Å². The average molecular weight is 335 g/mol. The Morgan fingerprint density at radius 1 is 1.05 bits per heavy atom. The van der Waals surface area contributed by atoms with Crippen LogP contribution in [0.3, 0.4) is 0 Å². The maximum absolute atomic E-state index is 9.33. The first kappa shape index (κ1) is 14.9. The summed E-state index contributed by atoms with van der Waals surface area (Å²) in [7, 11) is 1.71. The highest BCUT2D eigenvalue weighted by molar-refractivity contribution is 9.09. The molecule has 0 aliphatic heterocycles. The number of phenols is 1. The van der Waals surface area contributed by atoms with Gasteiger partial charge in [-0.25, -0.2) is 0 Å². The standard InChI is InChI=1S/C17H19BrO2/c1-20-17-5-3-2-4-15(17)11-14(12-18)10-13-6-8-16(19)9-7-13/h2-9,14,19H,10-12H2,1H3. The number of hydrogen-bond donors (Lipinski definition) is 1. The highest BCUT2D eigenvalue weighted by atomic mass is 79.9. The third-order valence-electron chi connectivity index (χ3n) is 3.38. The molecular formula is C17H19BrO2. The van der Waals surface area contributed by atoms with Crippen molar-refractivity contribution >= 4 is 15.9 Å². The van der Waals surface area contributed by atoms with E-state index in [0.29, 0.717) is 11.7 Å². The van der Waals surface area contributed by atoms with Crippen molar-refractivity contribution in [1.29, 1.82) is 0 Å². The second-order valence-electron chi connectivity index (χ2n) is 4.91. The number of methoxy groups -OCH3 is 1. The first-order valence-corrected chi connectivity index (χ1v) is 7.81. The number of para-hydroxylation sites is 1. The summed E-state index contributed by atoms with van der Waals surface area (Å²) in [6.07, 6.45) is 1.94. The Morgan fingerprint density at radius 2 is 1.75 bits per heavy atom. The quantitative estimate of drug-likeness (QED) is 0.802. The SMILES string of the molecule is COc1ccccc1CC(CBr)Cc1ccc(O)cc1. The minimum Gasteiger partial charge on any atom is -0.508 e. The molecule has 2 nitrogen and oxygen atoms in total. The van der Waals surface area contributed by atoms with Crippen LogP contribution in [0.2, 0.25) is 0 Å². The summed E-state index contributed by atoms with van der Waals surface area (Å²) in [6.45, 7) is 0. The van der Waals surface area contributed by atoms with Crippen LogP contribution in [0, 0.1) is 5.92 Å². The van der Waals surface area contributed by atoms with Gasteiger partial charge in [-0.3, -0.25) is 0 Å². The average Bonchev–Trinajstić information content (AvgIpc) is 2.49. The second-order valence-corrected chi connectivity index (χ2v) is 5.55. The molecule has 1 unspecified atom stereocenters. The first-order chi connectivity index (χ1) is 9.72. The van der Waals surface area contributed by atoms with E-state index in [1.54, 1.807) is 19.2 Å². The summed E-state index contributed by atoms with van der Waals surface area (Å²) in [4.78, 5) is 0. The van der Waals surface area contributed by atoms with E-state index in [1.807, 2.05) is 30.3 Å². The summed E-state index contributed by atoms with van der Waals surface area (Å²) in [5.41, 5.74) is 2.47. The predicted octanol–water partition coefficient (Wildman–Crippen LogP) is 4.20. The zero-order valence-electron chi connectivity index (χ0n) is 11.6. The molecular weight excluding hydrogens is 316 g/mol. The molecule has 0 saturated heterocycles. The zero-order chi connectivity index (χ0) is 14.4. The van der Waals surface area contributed by atoms with Gasteiger partial charge in [0.1, 0.15) is 11.5 Å². The lowest BCUT2D eigenvalue weighted by atomic mass is 9.94. The molecule has 0 aliphatic carbocycles. The van der Waals surface area contributed by atoms with E-state index in [1.165, 1.54) is 11.1 Å². The van der Waals surface area contributed by atoms with Crippen LogP contribution >= 0.6 is 15.9 Å². The summed E-state index contributed by atoms with van der Waals surface area (Å²) in [5, 5.41) is 10.3. The van der Waals surface area contributed by atoms with Crippen LogP contribution in [-0.2, 0) is 12.8 Å². The van der Waals surface area contributed by atoms with Crippen molar-refractivity contribution < 1.29 is 9.84 Å². The van der Waals surface area contributed by atoms with Gasteiger partial charge in [0.2, 0.25) is 0 Å². The van der Waals surface area contributed by atoms with E-state index in [9.17, 15) is 5.11 Å². The number of ether oxygens (including phenoxy) is 1. The molecule has 1 atom stereocenters. The fourth-order valence-electron chi connectivity index (χ4n) is 2.33. The normalized spacial score (nSPS) is 12.1. The number of phenolic OH excluding ortho intramolecular Hbond substituents is 1. The Hall–Kier alpha value is -1.48. The van der Waals surface area contributed by atoms with Crippen molar-refractivity contribution in [3.8, 4) is 11.5 Å². The maximum atomic E-state index is 9.33. The van der Waals surface area contributed by atoms with Gasteiger partial charge in [-0.15, -0.1) is 0 Å². The predicted molar refractivity (Wildman–Crippen MR) is 85.8 cm³/mol. The maximum Gasteiger partial charge on any atom is 0.122 e. The lowest BCUT2D eigenvalue weighted by Gasteiger charge is -2.16. The van der Waals surface area contributed by atoms with Crippen molar-refractivity contribution in [2.75, 3.05) is 12.4 Å². The molecule has 0 fully saturated rings. The number of hydrogen-bond acceptors (Lipinski definition) is 2. The minimum absolute atomic E-state index is 0.314. The highest BCUT2D eigenvalue weighted by Gasteiger charge is 2.12. The van der Waals surface area contributed by atoms with E-state index >= 15 is 0 Å². The van der Waals surface area contributed by atoms with Crippen LogP contribution in [0.25, 0.3) is 0 Å². The van der Waals surface area contributed by atoms with E-state index in [0.717, 1.165) is 23.9 Å². The number of alkyl halides is 1. The van der Waals surface area contributed by atoms with Crippen molar-refractivity contribution in [3.63, 3.8) is 0 Å². The van der Waals surface area contributed by atoms with Crippen LogP contribution in [0.4, 0.5) is 0 Å².